The van der Waals surface area contributed by atoms with Crippen LogP contribution in [0, 0.1) is 101 Å². The number of aldehydes is 2. The Morgan fingerprint density at radius 1 is 0.590 bits per heavy atom. The molecule has 9 aliphatic rings. The molecule has 0 spiro atoms. The van der Waals surface area contributed by atoms with E-state index in [-0.39, 0.29) is 23.1 Å². The van der Waals surface area contributed by atoms with Crippen LogP contribution < -0.4 is 9.80 Å². The van der Waals surface area contributed by atoms with Crippen LogP contribution in [-0.4, -0.2) is 92.4 Å². The van der Waals surface area contributed by atoms with Gasteiger partial charge < -0.3 is 34.0 Å². The Bertz CT molecular complexity index is 4230. The molecule has 2 aromatic heterocycles. The van der Waals surface area contributed by atoms with Crippen LogP contribution in [-0.2, 0) is 51.8 Å². The molecule has 4 saturated carbocycles. The van der Waals surface area contributed by atoms with Crippen molar-refractivity contribution in [2.75, 3.05) is 46.8 Å². The van der Waals surface area contributed by atoms with E-state index in [2.05, 4.69) is 229 Å². The van der Waals surface area contributed by atoms with Crippen molar-refractivity contribution in [2.24, 2.45) is 53.3 Å². The molecule has 8 aliphatic carbocycles. The van der Waals surface area contributed by atoms with Gasteiger partial charge >= 0.3 is 91.3 Å². The Morgan fingerprint density at radius 3 is 1.48 bits per heavy atom. The molecule has 122 heavy (non-hydrogen) atoms. The van der Waals surface area contributed by atoms with E-state index in [1.807, 2.05) is 77.4 Å². The first kappa shape index (κ1) is 104. The molecule has 15 rings (SSSR count). The second kappa shape index (κ2) is 59.6. The number of esters is 2. The third-order valence-electron chi connectivity index (χ3n) is 22.6. The summed E-state index contributed by atoms with van der Waals surface area (Å²) in [7, 11) is 11.3. The van der Waals surface area contributed by atoms with E-state index in [0.717, 1.165) is 126 Å². The molecule has 5 fully saturated rings. The van der Waals surface area contributed by atoms with Crippen LogP contribution in [0.1, 0.15) is 199 Å². The minimum absolute atomic E-state index is 0.0902. The summed E-state index contributed by atoms with van der Waals surface area (Å²) in [5.41, 5.74) is 16.6. The Kier molecular flexibility index (Phi) is 51.0. The number of pyridine rings is 2. The van der Waals surface area contributed by atoms with Gasteiger partial charge in [0, 0.05) is 97.1 Å². The Hall–Kier alpha value is -6.34. The molecule has 6 aromatic rings. The number of halogens is 7. The predicted molar refractivity (Wildman–Crippen MR) is 518 cm³/mol. The fourth-order valence-corrected chi connectivity index (χ4v) is 19.9. The van der Waals surface area contributed by atoms with Crippen molar-refractivity contribution in [3.8, 4) is 0 Å². The first-order valence-electron chi connectivity index (χ1n) is 43.1. The van der Waals surface area contributed by atoms with Gasteiger partial charge in [0.2, 0.25) is 5.24 Å². The number of carbonyl (C=O) groups is 6. The fraction of sp³-hybridized carbons (Fsp3) is 0.446. The number of alkyl halides is 2. The van der Waals surface area contributed by atoms with Crippen LogP contribution in [0.4, 0.5) is 11.4 Å². The SMILES string of the molecule is Brc1cccnc1.Brc1cccnc1.C=CCCCC/C=C(/C(=O)OCCBr)C1CCCCC1C=Cc1ccccc1.CC=O.Cc1cc(C)c(N2[CH-]N(c3c(C)cc(C)cc3C)CC2)c(C)c1.O=C(Cl)C1=CC2CCCCC12.O=C(O)C1=CC2CCCCC12.O=C(OCCBr)C1=CC2CCCCC12.O=CC1CC=CCC1.[Cl][Ru]([Cl])=[CH]c1ccccc1. The number of unbranched alkanes of at least 4 members (excludes halogenated alkanes) is 3. The number of nitrogens with zero attached hydrogens (tertiary/aromatic N) is 4. The summed E-state index contributed by atoms with van der Waals surface area (Å²) in [5.74, 6) is 3.46. The van der Waals surface area contributed by atoms with Crippen LogP contribution >= 0.6 is 94.7 Å². The van der Waals surface area contributed by atoms with Crippen molar-refractivity contribution >= 4 is 152 Å². The maximum absolute atomic E-state index is 12.8. The van der Waals surface area contributed by atoms with Crippen LogP contribution in [0.15, 0.2) is 220 Å². The van der Waals surface area contributed by atoms with Crippen LogP contribution in [0.3, 0.4) is 0 Å². The van der Waals surface area contributed by atoms with E-state index in [4.69, 9.17) is 50.4 Å². The standard InChI is InChI=1S/C25H33BrO2.C21H27N2.C11H15BrO2.C9H11ClO.C9H12O2.C7H10O.C7H6.2C5H4BrN.C2H4O.2ClH.Ru/c1-2-3-4-5-9-16-24(25(27)28-20-19-26)23-15-11-10-14-22(23)18-17-21-12-7-6-8-13-21;1-14-9-16(3)20(17(4)10-14)22-7-8-23(13-22)21-18(5)11-15(2)12-19(21)6;12-5-6-14-11(13)10-7-8-3-1-2-4-9(8)10;2*10-9(11)8-5-6-3-1-2-4-7(6)8;8-6-7-4-2-1-3-5-7;1-7-5-3-2-4-6-7;2*6-5-2-1-3-7-4-5;1-2-3;;;/h2,6-8,12-13,16-18,22-23H,1,3-5,9-11,14-15,19-20H2;9-13H,7-8H2,1-6H3;7-9H,1-6H2;5-7H,1-4H2;5-7H,1-4H2,(H,10,11);1-2,6-7H,3-5H2;1-6H;2*1-4H;2H,1H3;2*1H;/q;-1;;;;;;;;;;;+2/p-2/b18-17?,24-16+;;;;;;;;;;;;. The van der Waals surface area contributed by atoms with Gasteiger partial charge in [0.1, 0.15) is 25.8 Å². The minimum atomic E-state index is -1.61. The van der Waals surface area contributed by atoms with Crippen molar-refractivity contribution in [1.29, 1.82) is 0 Å². The first-order chi connectivity index (χ1) is 58.9. The summed E-state index contributed by atoms with van der Waals surface area (Å²) < 4.78 is 14.6. The van der Waals surface area contributed by atoms with Gasteiger partial charge in [-0.15, -0.1) is 6.58 Å². The number of aryl methyl sites for hydroxylation is 6. The van der Waals surface area contributed by atoms with Crippen molar-refractivity contribution < 1.29 is 56.9 Å². The molecule has 0 bridgehead atoms. The average molecular weight is 2070 g/mol. The van der Waals surface area contributed by atoms with Crippen molar-refractivity contribution in [2.45, 2.75) is 196 Å². The summed E-state index contributed by atoms with van der Waals surface area (Å²) in [4.78, 5) is 77.1. The molecular formula is C101H126Br4Cl3N4O9Ru-. The van der Waals surface area contributed by atoms with E-state index >= 15 is 0 Å². The van der Waals surface area contributed by atoms with Gasteiger partial charge in [-0.2, -0.15) is 6.67 Å². The van der Waals surface area contributed by atoms with Gasteiger partial charge in [0.05, 0.1) is 0 Å². The van der Waals surface area contributed by atoms with Gasteiger partial charge in [0.25, 0.3) is 0 Å². The summed E-state index contributed by atoms with van der Waals surface area (Å²) in [6.07, 6.45) is 54.5. The quantitative estimate of drug-likeness (QED) is 0.00881. The normalized spacial score (nSPS) is 21.0. The second-order valence-electron chi connectivity index (χ2n) is 31.8. The molecule has 4 aromatic carbocycles. The van der Waals surface area contributed by atoms with Crippen LogP contribution in [0.5, 0.6) is 0 Å². The number of anilines is 2. The van der Waals surface area contributed by atoms with Gasteiger partial charge in [0.15, 0.2) is 0 Å². The van der Waals surface area contributed by atoms with Gasteiger partial charge in [-0.1, -0.05) is 204 Å². The average Bonchev–Trinajstić information content (AvgIpc) is 1.36. The number of carboxylic acids is 1. The molecule has 662 valence electrons. The summed E-state index contributed by atoms with van der Waals surface area (Å²) in [6.45, 7) is 23.7. The zero-order valence-corrected chi connectivity index (χ0v) is 82.5. The molecule has 9 unspecified atom stereocenters. The number of rotatable bonds is 20. The summed E-state index contributed by atoms with van der Waals surface area (Å²) >= 11 is 16.9. The molecule has 1 aliphatic heterocycles. The van der Waals surface area contributed by atoms with E-state index in [0.29, 0.717) is 71.5 Å². The monoisotopic (exact) mass is 2060 g/mol. The fourth-order valence-electron chi connectivity index (χ4n) is 17.0. The summed E-state index contributed by atoms with van der Waals surface area (Å²) in [5, 5.41) is 9.87. The molecular weight excluding hydrogens is 1940 g/mol. The van der Waals surface area contributed by atoms with E-state index < -0.39 is 19.5 Å². The third-order valence-corrected chi connectivity index (χ3v) is 26.3. The van der Waals surface area contributed by atoms with Gasteiger partial charge in [-0.05, 0) is 288 Å². The summed E-state index contributed by atoms with van der Waals surface area (Å²) in [6, 6.07) is 37.0. The molecule has 13 nitrogen and oxygen atoms in total. The number of aromatic nitrogens is 2. The van der Waals surface area contributed by atoms with Crippen LogP contribution in [0.2, 0.25) is 0 Å². The van der Waals surface area contributed by atoms with Gasteiger partial charge in [-0.25, -0.2) is 14.4 Å². The molecule has 0 radical (unpaired) electrons. The predicted octanol–water partition coefficient (Wildman–Crippen LogP) is 27.3. The number of hydrogen-bond acceptors (Lipinski definition) is 12. The number of carboxylic acid groups (broad SMARTS) is 1. The number of aliphatic carboxylic acids is 1. The van der Waals surface area contributed by atoms with Crippen molar-refractivity contribution in [3.63, 3.8) is 0 Å². The zero-order valence-electron chi connectivity index (χ0n) is 72.1. The maximum atomic E-state index is 12.8. The van der Waals surface area contributed by atoms with Crippen molar-refractivity contribution in [1.82, 2.24) is 9.97 Å². The number of allylic oxidation sites excluding steroid dienone is 9. The first-order valence-corrected chi connectivity index (χ1v) is 52.8. The number of hydrogen-bond donors (Lipinski definition) is 1. The van der Waals surface area contributed by atoms with E-state index in [9.17, 15) is 24.0 Å². The Morgan fingerprint density at radius 2 is 1.05 bits per heavy atom. The third kappa shape index (κ3) is 37.3. The Balaban J connectivity index is 0.000000220. The molecule has 3 heterocycles. The number of ether oxygens (including phenoxy) is 2. The number of benzene rings is 4. The number of fused-ring (bicyclic) bond motifs is 3. The number of carbonyl (C=O) groups excluding carboxylic acids is 5. The van der Waals surface area contributed by atoms with Gasteiger partial charge in [-0.3, -0.25) is 14.8 Å². The zero-order chi connectivity index (χ0) is 88.6. The molecule has 1 N–H and O–H groups in total. The Labute approximate surface area is 780 Å². The molecule has 9 atom stereocenters. The van der Waals surface area contributed by atoms with E-state index in [1.165, 1.54) is 141 Å². The topological polar surface area (TPSA) is 173 Å². The van der Waals surface area contributed by atoms with Crippen LogP contribution in [0.25, 0.3) is 6.08 Å². The molecule has 21 heteroatoms. The van der Waals surface area contributed by atoms with E-state index in [1.54, 1.807) is 24.8 Å². The van der Waals surface area contributed by atoms with Crippen molar-refractivity contribution in [3.05, 3.63) is 272 Å². The molecule has 0 amide bonds. The molecule has 1 saturated heterocycles. The second-order valence-corrected chi connectivity index (χ2v) is 41.3.